The third-order valence-electron chi connectivity index (χ3n) is 4.63. The van der Waals surface area contributed by atoms with Crippen LogP contribution in [0.4, 0.5) is 4.39 Å². The van der Waals surface area contributed by atoms with Gasteiger partial charge in [0.05, 0.1) is 31.4 Å². The highest BCUT2D eigenvalue weighted by molar-refractivity contribution is 6.07. The third-order valence-corrected chi connectivity index (χ3v) is 4.63. The molecule has 0 N–H and O–H groups in total. The van der Waals surface area contributed by atoms with Gasteiger partial charge < -0.3 is 9.47 Å². The Kier molecular flexibility index (Phi) is 3.67. The molecule has 4 rings (SSSR count). The van der Waals surface area contributed by atoms with Gasteiger partial charge in [-0.05, 0) is 35.9 Å². The average Bonchev–Trinajstić information content (AvgIpc) is 3.02. The van der Waals surface area contributed by atoms with E-state index in [9.17, 15) is 9.18 Å². The molecular weight excluding hydrogens is 323 g/mol. The first-order valence-electron chi connectivity index (χ1n) is 8.03. The van der Waals surface area contributed by atoms with Crippen LogP contribution in [0.2, 0.25) is 0 Å². The molecule has 0 saturated heterocycles. The van der Waals surface area contributed by atoms with Gasteiger partial charge in [0, 0.05) is 12.5 Å². The zero-order valence-corrected chi connectivity index (χ0v) is 13.9. The maximum Gasteiger partial charge on any atom is 0.240 e. The predicted octanol–water partition coefficient (Wildman–Crippen LogP) is 3.15. The van der Waals surface area contributed by atoms with Gasteiger partial charge in [-0.1, -0.05) is 12.1 Å². The number of carbonyl (C=O) groups is 1. The number of fused-ring (bicyclic) bond motifs is 3. The number of carbonyl (C=O) groups excluding carboxylic acids is 1. The molecule has 2 heterocycles. The summed E-state index contributed by atoms with van der Waals surface area (Å²) >= 11 is 0. The molecule has 0 saturated carbocycles. The van der Waals surface area contributed by atoms with Crippen LogP contribution in [0.3, 0.4) is 0 Å². The Labute approximate surface area is 144 Å². The number of amides is 1. The minimum absolute atomic E-state index is 0.147. The van der Waals surface area contributed by atoms with Crippen LogP contribution < -0.4 is 9.47 Å². The summed E-state index contributed by atoms with van der Waals surface area (Å²) in [6.07, 6.45) is 0. The van der Waals surface area contributed by atoms with E-state index in [1.807, 2.05) is 24.3 Å². The van der Waals surface area contributed by atoms with Gasteiger partial charge in [-0.3, -0.25) is 4.79 Å². The fourth-order valence-corrected chi connectivity index (χ4v) is 3.44. The van der Waals surface area contributed by atoms with Crippen molar-refractivity contribution in [1.82, 2.24) is 5.01 Å². The lowest BCUT2D eigenvalue weighted by molar-refractivity contribution is -0.131. The molecule has 0 bridgehead atoms. The van der Waals surface area contributed by atoms with Crippen LogP contribution in [0.1, 0.15) is 24.1 Å². The Balaban J connectivity index is 1.78. The van der Waals surface area contributed by atoms with Gasteiger partial charge in [0.15, 0.2) is 0 Å². The second kappa shape index (κ2) is 5.88. The van der Waals surface area contributed by atoms with E-state index in [1.54, 1.807) is 13.2 Å². The minimum Gasteiger partial charge on any atom is -0.497 e. The fourth-order valence-electron chi connectivity index (χ4n) is 3.44. The number of rotatable bonds is 2. The third kappa shape index (κ3) is 2.54. The molecule has 0 spiro atoms. The molecule has 128 valence electrons. The van der Waals surface area contributed by atoms with Gasteiger partial charge in [0.25, 0.3) is 0 Å². The monoisotopic (exact) mass is 340 g/mol. The summed E-state index contributed by atoms with van der Waals surface area (Å²) in [5.74, 6) is 0.667. The summed E-state index contributed by atoms with van der Waals surface area (Å²) in [5.41, 5.74) is 2.23. The molecule has 0 aliphatic carbocycles. The van der Waals surface area contributed by atoms with Crippen molar-refractivity contribution in [2.24, 2.45) is 11.0 Å². The van der Waals surface area contributed by atoms with Crippen molar-refractivity contribution < 1.29 is 18.7 Å². The molecule has 5 nitrogen and oxygen atoms in total. The van der Waals surface area contributed by atoms with Gasteiger partial charge in [-0.15, -0.1) is 0 Å². The minimum atomic E-state index is -0.354. The number of halogens is 1. The van der Waals surface area contributed by atoms with Crippen LogP contribution >= 0.6 is 0 Å². The van der Waals surface area contributed by atoms with Gasteiger partial charge in [0.2, 0.25) is 5.91 Å². The number of benzene rings is 2. The smallest absolute Gasteiger partial charge is 0.240 e. The lowest BCUT2D eigenvalue weighted by atomic mass is 9.86. The summed E-state index contributed by atoms with van der Waals surface area (Å²) < 4.78 is 24.7. The van der Waals surface area contributed by atoms with Gasteiger partial charge in [0.1, 0.15) is 17.3 Å². The fraction of sp³-hybridized carbons (Fsp3) is 0.263. The second-order valence-corrected chi connectivity index (χ2v) is 6.12. The molecule has 0 radical (unpaired) electrons. The number of nitrogens with zero attached hydrogens (tertiary/aromatic N) is 2. The molecule has 2 atom stereocenters. The first-order chi connectivity index (χ1) is 12.1. The van der Waals surface area contributed by atoms with Crippen molar-refractivity contribution in [2.75, 3.05) is 13.7 Å². The summed E-state index contributed by atoms with van der Waals surface area (Å²) in [5, 5.41) is 5.98. The van der Waals surface area contributed by atoms with Crippen molar-refractivity contribution >= 4 is 11.6 Å². The summed E-state index contributed by atoms with van der Waals surface area (Å²) in [6.45, 7) is 1.86. The van der Waals surface area contributed by atoms with Gasteiger partial charge in [-0.25, -0.2) is 9.40 Å². The Morgan fingerprint density at radius 2 is 2.04 bits per heavy atom. The molecule has 2 aliphatic rings. The Morgan fingerprint density at radius 1 is 1.28 bits per heavy atom. The molecular formula is C19H17FN2O3. The van der Waals surface area contributed by atoms with Gasteiger partial charge >= 0.3 is 0 Å². The topological polar surface area (TPSA) is 51.1 Å². The van der Waals surface area contributed by atoms with Crippen LogP contribution in [-0.4, -0.2) is 30.3 Å². The lowest BCUT2D eigenvalue weighted by Gasteiger charge is -2.29. The molecule has 2 aromatic rings. The highest BCUT2D eigenvalue weighted by Crippen LogP contribution is 2.42. The Morgan fingerprint density at radius 3 is 2.72 bits per heavy atom. The van der Waals surface area contributed by atoms with Crippen molar-refractivity contribution in [1.29, 1.82) is 0 Å². The maximum atomic E-state index is 13.7. The van der Waals surface area contributed by atoms with Crippen molar-refractivity contribution in [2.45, 2.75) is 13.0 Å². The zero-order valence-electron chi connectivity index (χ0n) is 13.9. The van der Waals surface area contributed by atoms with Crippen LogP contribution in [0.15, 0.2) is 47.6 Å². The number of methoxy groups -OCH3 is 1. The van der Waals surface area contributed by atoms with Crippen LogP contribution in [-0.2, 0) is 4.79 Å². The van der Waals surface area contributed by atoms with E-state index >= 15 is 0 Å². The maximum absolute atomic E-state index is 13.7. The lowest BCUT2D eigenvalue weighted by Crippen LogP contribution is -2.34. The zero-order chi connectivity index (χ0) is 17.6. The quantitative estimate of drug-likeness (QED) is 0.844. The summed E-state index contributed by atoms with van der Waals surface area (Å²) in [4.78, 5) is 12.2. The van der Waals surface area contributed by atoms with E-state index in [2.05, 4.69) is 5.10 Å². The molecule has 2 aliphatic heterocycles. The van der Waals surface area contributed by atoms with E-state index in [0.29, 0.717) is 23.6 Å². The molecule has 0 aromatic heterocycles. The highest BCUT2D eigenvalue weighted by Gasteiger charge is 2.44. The Hall–Kier alpha value is -2.89. The first kappa shape index (κ1) is 15.6. The highest BCUT2D eigenvalue weighted by atomic mass is 19.1. The Bertz CT molecular complexity index is 863. The van der Waals surface area contributed by atoms with Crippen LogP contribution in [0.25, 0.3) is 0 Å². The molecule has 0 fully saturated rings. The molecule has 1 amide bonds. The SMILES string of the molecule is COc1ccc([C@H]2[C@@H]3COc4ccc(F)cc4C3=NN2C(C)=O)cc1. The van der Waals surface area contributed by atoms with Crippen molar-refractivity contribution in [3.05, 3.63) is 59.4 Å². The van der Waals surface area contributed by atoms with Crippen LogP contribution in [0, 0.1) is 11.7 Å². The largest absolute Gasteiger partial charge is 0.497 e. The van der Waals surface area contributed by atoms with Crippen molar-refractivity contribution in [3.63, 3.8) is 0 Å². The van der Waals surface area contributed by atoms with Crippen molar-refractivity contribution in [3.8, 4) is 11.5 Å². The van der Waals surface area contributed by atoms with Gasteiger partial charge in [-0.2, -0.15) is 5.10 Å². The predicted molar refractivity (Wildman–Crippen MR) is 90.2 cm³/mol. The number of hydrogen-bond donors (Lipinski definition) is 0. The molecule has 0 unspecified atom stereocenters. The molecule has 6 heteroatoms. The van der Waals surface area contributed by atoms with E-state index in [1.165, 1.54) is 24.1 Å². The first-order valence-corrected chi connectivity index (χ1v) is 8.03. The normalized spacial score (nSPS) is 21.1. The van der Waals surface area contributed by atoms with E-state index in [-0.39, 0.29) is 23.7 Å². The number of hydrogen-bond acceptors (Lipinski definition) is 4. The summed E-state index contributed by atoms with van der Waals surface area (Å²) in [7, 11) is 1.61. The molecule has 25 heavy (non-hydrogen) atoms. The molecule has 2 aromatic carbocycles. The number of hydrazone groups is 1. The average molecular weight is 340 g/mol. The number of ether oxygens (including phenoxy) is 2. The van der Waals surface area contributed by atoms with E-state index in [4.69, 9.17) is 9.47 Å². The van der Waals surface area contributed by atoms with Crippen LogP contribution in [0.5, 0.6) is 11.5 Å². The van der Waals surface area contributed by atoms with E-state index in [0.717, 1.165) is 11.3 Å². The van der Waals surface area contributed by atoms with E-state index < -0.39 is 0 Å². The summed E-state index contributed by atoms with van der Waals surface area (Å²) in [6, 6.07) is 11.6. The second-order valence-electron chi connectivity index (χ2n) is 6.12. The standard InChI is InChI=1S/C19H17FN2O3/c1-11(23)22-19(12-3-6-14(24-2)7-4-12)16-10-25-17-8-5-13(20)9-15(17)18(16)21-22/h3-9,16,19H,10H2,1-2H3/t16-,19+/m1/s1.